The summed E-state index contributed by atoms with van der Waals surface area (Å²) in [6.07, 6.45) is 0.355. The molecule has 4 nitrogen and oxygen atoms in total. The lowest BCUT2D eigenvalue weighted by molar-refractivity contribution is 0.172. The average Bonchev–Trinajstić information content (AvgIpc) is 2.47. The molecule has 1 aliphatic heterocycles. The lowest BCUT2D eigenvalue weighted by atomic mass is 10.0. The van der Waals surface area contributed by atoms with Crippen molar-refractivity contribution in [1.29, 1.82) is 0 Å². The van der Waals surface area contributed by atoms with Gasteiger partial charge < -0.3 is 15.1 Å². The summed E-state index contributed by atoms with van der Waals surface area (Å²) in [4.78, 5) is 4.61. The fourth-order valence-electron chi connectivity index (χ4n) is 2.63. The van der Waals surface area contributed by atoms with E-state index in [1.165, 1.54) is 0 Å². The van der Waals surface area contributed by atoms with E-state index >= 15 is 0 Å². The molecule has 1 aromatic carbocycles. The maximum absolute atomic E-state index is 10.1. The molecule has 0 aliphatic carbocycles. The van der Waals surface area contributed by atoms with Crippen molar-refractivity contribution >= 4 is 5.69 Å². The highest BCUT2D eigenvalue weighted by molar-refractivity contribution is 5.55. The van der Waals surface area contributed by atoms with E-state index < -0.39 is 0 Å². The van der Waals surface area contributed by atoms with Crippen LogP contribution in [0.25, 0.3) is 0 Å². The number of aliphatic hydroxyl groups is 2. The van der Waals surface area contributed by atoms with Crippen molar-refractivity contribution in [3.63, 3.8) is 0 Å². The Morgan fingerprint density at radius 2 is 1.84 bits per heavy atom. The van der Waals surface area contributed by atoms with Crippen LogP contribution in [-0.2, 0) is 0 Å². The first-order chi connectivity index (χ1) is 9.26. The Morgan fingerprint density at radius 1 is 1.16 bits per heavy atom. The molecular formula is C15H24N2O2. The maximum Gasteiger partial charge on any atom is 0.0807 e. The zero-order chi connectivity index (χ0) is 13.7. The van der Waals surface area contributed by atoms with Crippen LogP contribution in [0.2, 0.25) is 0 Å². The number of rotatable bonds is 5. The van der Waals surface area contributed by atoms with Crippen LogP contribution in [0.15, 0.2) is 24.3 Å². The molecule has 19 heavy (non-hydrogen) atoms. The van der Waals surface area contributed by atoms with Gasteiger partial charge in [-0.15, -0.1) is 0 Å². The van der Waals surface area contributed by atoms with Crippen molar-refractivity contribution in [1.82, 2.24) is 4.90 Å². The molecule has 2 rings (SSSR count). The Balaban J connectivity index is 2.07. The molecule has 4 heteroatoms. The molecular weight excluding hydrogens is 240 g/mol. The summed E-state index contributed by atoms with van der Waals surface area (Å²) >= 11 is 0. The molecule has 0 saturated carbocycles. The molecule has 0 amide bonds. The number of nitrogens with zero attached hydrogens (tertiary/aromatic N) is 2. The quantitative estimate of drug-likeness (QED) is 0.840. The molecule has 0 unspecified atom stereocenters. The fraction of sp³-hybridized carbons (Fsp3) is 0.600. The van der Waals surface area contributed by atoms with Crippen molar-refractivity contribution in [3.05, 3.63) is 29.8 Å². The number of anilines is 1. The highest BCUT2D eigenvalue weighted by Gasteiger charge is 2.20. The van der Waals surface area contributed by atoms with Crippen molar-refractivity contribution in [2.24, 2.45) is 0 Å². The Bertz CT molecular complexity index is 389. The molecule has 1 aromatic rings. The zero-order valence-electron chi connectivity index (χ0n) is 11.6. The maximum atomic E-state index is 10.1. The van der Waals surface area contributed by atoms with Crippen molar-refractivity contribution in [2.45, 2.75) is 19.4 Å². The van der Waals surface area contributed by atoms with Gasteiger partial charge in [-0.2, -0.15) is 0 Å². The molecule has 106 valence electrons. The zero-order valence-corrected chi connectivity index (χ0v) is 11.6. The molecule has 2 N–H and O–H groups in total. The summed E-state index contributed by atoms with van der Waals surface area (Å²) in [7, 11) is 0. The number of hydrogen-bond donors (Lipinski definition) is 2. The highest BCUT2D eigenvalue weighted by Crippen LogP contribution is 2.28. The third-order valence-electron chi connectivity index (χ3n) is 3.81. The smallest absolute Gasteiger partial charge is 0.0807 e. The average molecular weight is 264 g/mol. The summed E-state index contributed by atoms with van der Waals surface area (Å²) < 4.78 is 0. The Hall–Kier alpha value is -1.10. The third kappa shape index (κ3) is 3.47. The standard InChI is InChI=1S/C15H24N2O2/c1-2-15(19)13-5-3-4-6-14(13)17-9-7-16(8-10-17)11-12-18/h3-6,15,18-19H,2,7-12H2,1H3/t15-/m0/s1. The van der Waals surface area contributed by atoms with Gasteiger partial charge in [-0.25, -0.2) is 0 Å². The van der Waals surface area contributed by atoms with Gasteiger partial charge in [0.1, 0.15) is 0 Å². The second kappa shape index (κ2) is 6.89. The Labute approximate surface area is 115 Å². The van der Waals surface area contributed by atoms with E-state index in [9.17, 15) is 5.11 Å². The number of benzene rings is 1. The Kier molecular flexibility index (Phi) is 5.19. The first kappa shape index (κ1) is 14.3. The third-order valence-corrected chi connectivity index (χ3v) is 3.81. The van der Waals surface area contributed by atoms with Crippen LogP contribution >= 0.6 is 0 Å². The second-order valence-electron chi connectivity index (χ2n) is 5.04. The summed E-state index contributed by atoms with van der Waals surface area (Å²) in [5, 5.41) is 19.1. The van der Waals surface area contributed by atoms with Crippen LogP contribution in [0.5, 0.6) is 0 Å². The van der Waals surface area contributed by atoms with Gasteiger partial charge in [0, 0.05) is 44.0 Å². The van der Waals surface area contributed by atoms with Gasteiger partial charge in [-0.1, -0.05) is 25.1 Å². The van der Waals surface area contributed by atoms with E-state index in [1.54, 1.807) is 0 Å². The summed E-state index contributed by atoms with van der Waals surface area (Å²) in [5.74, 6) is 0. The van der Waals surface area contributed by atoms with Gasteiger partial charge in [0.15, 0.2) is 0 Å². The van der Waals surface area contributed by atoms with Crippen LogP contribution in [0.4, 0.5) is 5.69 Å². The first-order valence-corrected chi connectivity index (χ1v) is 7.11. The number of aliphatic hydroxyl groups excluding tert-OH is 2. The minimum Gasteiger partial charge on any atom is -0.395 e. The van der Waals surface area contributed by atoms with E-state index in [4.69, 9.17) is 5.11 Å². The summed E-state index contributed by atoms with van der Waals surface area (Å²) in [6, 6.07) is 8.13. The van der Waals surface area contributed by atoms with Crippen LogP contribution in [0.3, 0.4) is 0 Å². The highest BCUT2D eigenvalue weighted by atomic mass is 16.3. The molecule has 0 bridgehead atoms. The number of piperazine rings is 1. The minimum atomic E-state index is -0.383. The Morgan fingerprint density at radius 3 is 2.47 bits per heavy atom. The van der Waals surface area contributed by atoms with Crippen molar-refractivity contribution < 1.29 is 10.2 Å². The van der Waals surface area contributed by atoms with E-state index in [-0.39, 0.29) is 12.7 Å². The molecule has 1 saturated heterocycles. The minimum absolute atomic E-state index is 0.227. The van der Waals surface area contributed by atoms with Crippen molar-refractivity contribution in [2.75, 3.05) is 44.2 Å². The molecule has 1 atom stereocenters. The number of para-hydroxylation sites is 1. The van der Waals surface area contributed by atoms with Crippen molar-refractivity contribution in [3.8, 4) is 0 Å². The van der Waals surface area contributed by atoms with Crippen LogP contribution in [0.1, 0.15) is 25.0 Å². The predicted octanol–water partition coefficient (Wildman–Crippen LogP) is 1.24. The van der Waals surface area contributed by atoms with Gasteiger partial charge in [0.05, 0.1) is 12.7 Å². The molecule has 1 fully saturated rings. The van der Waals surface area contributed by atoms with E-state index in [1.807, 2.05) is 25.1 Å². The van der Waals surface area contributed by atoms with Gasteiger partial charge in [0.2, 0.25) is 0 Å². The van der Waals surface area contributed by atoms with Gasteiger partial charge in [0.25, 0.3) is 0 Å². The molecule has 0 aromatic heterocycles. The fourth-order valence-corrected chi connectivity index (χ4v) is 2.63. The van der Waals surface area contributed by atoms with Crippen LogP contribution in [-0.4, -0.2) is 54.4 Å². The van der Waals surface area contributed by atoms with E-state index in [2.05, 4.69) is 15.9 Å². The van der Waals surface area contributed by atoms with E-state index in [0.717, 1.165) is 50.4 Å². The van der Waals surface area contributed by atoms with Gasteiger partial charge in [-0.3, -0.25) is 4.90 Å². The molecule has 0 spiro atoms. The largest absolute Gasteiger partial charge is 0.395 e. The monoisotopic (exact) mass is 264 g/mol. The van der Waals surface area contributed by atoms with Gasteiger partial charge in [-0.05, 0) is 12.5 Å². The van der Waals surface area contributed by atoms with Crippen LogP contribution < -0.4 is 4.90 Å². The van der Waals surface area contributed by atoms with E-state index in [0.29, 0.717) is 0 Å². The van der Waals surface area contributed by atoms with Crippen LogP contribution in [0, 0.1) is 0 Å². The number of β-amino-alcohol motifs (C(OH)–C–C–N with tert-alkyl or cyclic N) is 1. The second-order valence-corrected chi connectivity index (χ2v) is 5.04. The predicted molar refractivity (Wildman–Crippen MR) is 77.4 cm³/mol. The molecule has 1 aliphatic rings. The first-order valence-electron chi connectivity index (χ1n) is 7.11. The topological polar surface area (TPSA) is 46.9 Å². The molecule has 0 radical (unpaired) electrons. The lowest BCUT2D eigenvalue weighted by Crippen LogP contribution is -2.47. The SMILES string of the molecule is CC[C@H](O)c1ccccc1N1CCN(CCO)CC1. The summed E-state index contributed by atoms with van der Waals surface area (Å²) in [6.45, 7) is 6.83. The number of hydrogen-bond acceptors (Lipinski definition) is 4. The lowest BCUT2D eigenvalue weighted by Gasteiger charge is -2.37. The summed E-state index contributed by atoms with van der Waals surface area (Å²) in [5.41, 5.74) is 2.18. The molecule has 1 heterocycles. The normalized spacial score (nSPS) is 18.6. The van der Waals surface area contributed by atoms with Gasteiger partial charge >= 0.3 is 0 Å².